The lowest BCUT2D eigenvalue weighted by Gasteiger charge is -2.31. The van der Waals surface area contributed by atoms with Gasteiger partial charge in [-0.15, -0.1) is 11.8 Å². The van der Waals surface area contributed by atoms with E-state index < -0.39 is 5.97 Å². The molecule has 6 heteroatoms. The van der Waals surface area contributed by atoms with Crippen molar-refractivity contribution in [2.75, 3.05) is 31.2 Å². The van der Waals surface area contributed by atoms with Gasteiger partial charge < -0.3 is 15.1 Å². The molecule has 16 heavy (non-hydrogen) atoms. The number of nitrogens with zero attached hydrogens (tertiary/aromatic N) is 1. The highest BCUT2D eigenvalue weighted by molar-refractivity contribution is 8.00. The lowest BCUT2D eigenvalue weighted by atomic mass is 9.99. The first-order chi connectivity index (χ1) is 7.63. The molecule has 1 amide bonds. The molecule has 0 spiro atoms. The zero-order valence-corrected chi connectivity index (χ0v) is 9.91. The SMILES string of the molecule is O=C(O)CSCC(=O)N1CCCC(CO)C1. The van der Waals surface area contributed by atoms with Crippen LogP contribution in [0.4, 0.5) is 0 Å². The second kappa shape index (κ2) is 6.75. The van der Waals surface area contributed by atoms with Crippen molar-refractivity contribution in [1.29, 1.82) is 0 Å². The van der Waals surface area contributed by atoms with Crippen LogP contribution in [0.3, 0.4) is 0 Å². The summed E-state index contributed by atoms with van der Waals surface area (Å²) in [6.07, 6.45) is 1.88. The normalized spacial score (nSPS) is 20.8. The number of carboxylic acids is 1. The number of thioether (sulfide) groups is 1. The van der Waals surface area contributed by atoms with Crippen LogP contribution in [0.25, 0.3) is 0 Å². The van der Waals surface area contributed by atoms with E-state index in [1.807, 2.05) is 0 Å². The summed E-state index contributed by atoms with van der Waals surface area (Å²) in [4.78, 5) is 23.7. The fraction of sp³-hybridized carbons (Fsp3) is 0.800. The zero-order valence-electron chi connectivity index (χ0n) is 9.09. The number of carboxylic acid groups (broad SMARTS) is 1. The molecular weight excluding hydrogens is 230 g/mol. The van der Waals surface area contributed by atoms with Crippen molar-refractivity contribution >= 4 is 23.6 Å². The molecule has 0 aromatic heterocycles. The van der Waals surface area contributed by atoms with Gasteiger partial charge in [-0.2, -0.15) is 0 Å². The van der Waals surface area contributed by atoms with Gasteiger partial charge >= 0.3 is 5.97 Å². The van der Waals surface area contributed by atoms with E-state index >= 15 is 0 Å². The van der Waals surface area contributed by atoms with E-state index in [9.17, 15) is 9.59 Å². The molecule has 1 saturated heterocycles. The number of likely N-dealkylation sites (tertiary alicyclic amines) is 1. The van der Waals surface area contributed by atoms with Crippen LogP contribution < -0.4 is 0 Å². The number of aliphatic carboxylic acids is 1. The van der Waals surface area contributed by atoms with Crippen LogP contribution in [0.5, 0.6) is 0 Å². The van der Waals surface area contributed by atoms with Crippen molar-refractivity contribution in [3.8, 4) is 0 Å². The second-order valence-electron chi connectivity index (χ2n) is 3.92. The molecule has 1 atom stereocenters. The molecule has 1 aliphatic heterocycles. The fourth-order valence-electron chi connectivity index (χ4n) is 1.76. The maximum Gasteiger partial charge on any atom is 0.313 e. The van der Waals surface area contributed by atoms with Gasteiger partial charge in [-0.25, -0.2) is 0 Å². The summed E-state index contributed by atoms with van der Waals surface area (Å²) < 4.78 is 0. The summed E-state index contributed by atoms with van der Waals surface area (Å²) in [6, 6.07) is 0. The van der Waals surface area contributed by atoms with Crippen molar-refractivity contribution in [1.82, 2.24) is 4.90 Å². The molecule has 92 valence electrons. The summed E-state index contributed by atoms with van der Waals surface area (Å²) in [6.45, 7) is 1.44. The van der Waals surface area contributed by atoms with E-state index in [2.05, 4.69) is 0 Å². The predicted octanol–water partition coefficient (Wildman–Crippen LogP) is 0.0351. The molecule has 0 aromatic rings. The van der Waals surface area contributed by atoms with Gasteiger partial charge in [0.25, 0.3) is 0 Å². The fourth-order valence-corrected chi connectivity index (χ4v) is 2.39. The number of rotatable bonds is 5. The van der Waals surface area contributed by atoms with Crippen molar-refractivity contribution < 1.29 is 19.8 Å². The van der Waals surface area contributed by atoms with Crippen LogP contribution >= 0.6 is 11.8 Å². The van der Waals surface area contributed by atoms with Crippen LogP contribution in [0.2, 0.25) is 0 Å². The second-order valence-corrected chi connectivity index (χ2v) is 4.90. The Bertz CT molecular complexity index is 259. The Morgan fingerprint density at radius 2 is 2.12 bits per heavy atom. The molecule has 0 saturated carbocycles. The Morgan fingerprint density at radius 1 is 1.38 bits per heavy atom. The lowest BCUT2D eigenvalue weighted by molar-refractivity contribution is -0.133. The highest BCUT2D eigenvalue weighted by Gasteiger charge is 2.22. The quantitative estimate of drug-likeness (QED) is 0.717. The molecule has 5 nitrogen and oxygen atoms in total. The van der Waals surface area contributed by atoms with E-state index in [1.54, 1.807) is 4.90 Å². The number of hydrogen-bond donors (Lipinski definition) is 2. The van der Waals surface area contributed by atoms with Gasteiger partial charge in [-0.05, 0) is 18.8 Å². The molecule has 1 unspecified atom stereocenters. The smallest absolute Gasteiger partial charge is 0.313 e. The topological polar surface area (TPSA) is 77.8 Å². The average molecular weight is 247 g/mol. The molecular formula is C10H17NO4S. The van der Waals surface area contributed by atoms with Gasteiger partial charge in [0, 0.05) is 19.7 Å². The Labute approximate surface area is 98.8 Å². The highest BCUT2D eigenvalue weighted by Crippen LogP contribution is 2.16. The maximum absolute atomic E-state index is 11.7. The van der Waals surface area contributed by atoms with Gasteiger partial charge in [-0.1, -0.05) is 0 Å². The van der Waals surface area contributed by atoms with E-state index in [0.29, 0.717) is 6.54 Å². The third-order valence-electron chi connectivity index (χ3n) is 2.58. The predicted molar refractivity (Wildman–Crippen MR) is 61.4 cm³/mol. The number of carbonyl (C=O) groups excluding carboxylic acids is 1. The third kappa shape index (κ3) is 4.40. The number of amides is 1. The molecule has 0 bridgehead atoms. The Balaban J connectivity index is 2.27. The van der Waals surface area contributed by atoms with Crippen molar-refractivity contribution in [3.05, 3.63) is 0 Å². The summed E-state index contributed by atoms with van der Waals surface area (Å²) >= 11 is 1.12. The molecule has 1 fully saturated rings. The van der Waals surface area contributed by atoms with Crippen molar-refractivity contribution in [2.45, 2.75) is 12.8 Å². The van der Waals surface area contributed by atoms with Crippen molar-refractivity contribution in [2.24, 2.45) is 5.92 Å². The van der Waals surface area contributed by atoms with Gasteiger partial charge in [0.05, 0.1) is 11.5 Å². The summed E-state index contributed by atoms with van der Waals surface area (Å²) in [7, 11) is 0. The van der Waals surface area contributed by atoms with Gasteiger partial charge in [-0.3, -0.25) is 9.59 Å². The molecule has 1 rings (SSSR count). The summed E-state index contributed by atoms with van der Waals surface area (Å²) in [5.41, 5.74) is 0. The Morgan fingerprint density at radius 3 is 2.75 bits per heavy atom. The molecule has 0 radical (unpaired) electrons. The zero-order chi connectivity index (χ0) is 12.0. The van der Waals surface area contributed by atoms with Crippen LogP contribution in [0.1, 0.15) is 12.8 Å². The number of hydrogen-bond acceptors (Lipinski definition) is 4. The van der Waals surface area contributed by atoms with Crippen LogP contribution in [0.15, 0.2) is 0 Å². The lowest BCUT2D eigenvalue weighted by Crippen LogP contribution is -2.41. The minimum atomic E-state index is -0.898. The Kier molecular flexibility index (Phi) is 5.62. The molecule has 1 aliphatic rings. The summed E-state index contributed by atoms with van der Waals surface area (Å²) in [5, 5.41) is 17.5. The average Bonchev–Trinajstić information content (AvgIpc) is 2.28. The van der Waals surface area contributed by atoms with Crippen LogP contribution in [0, 0.1) is 5.92 Å². The van der Waals surface area contributed by atoms with E-state index in [-0.39, 0.29) is 29.9 Å². The minimum Gasteiger partial charge on any atom is -0.481 e. The number of aliphatic hydroxyl groups is 1. The maximum atomic E-state index is 11.7. The number of carbonyl (C=O) groups is 2. The van der Waals surface area contributed by atoms with Gasteiger partial charge in [0.2, 0.25) is 5.91 Å². The molecule has 0 aliphatic carbocycles. The first-order valence-electron chi connectivity index (χ1n) is 5.31. The van der Waals surface area contributed by atoms with E-state index in [1.165, 1.54) is 0 Å². The highest BCUT2D eigenvalue weighted by atomic mass is 32.2. The minimum absolute atomic E-state index is 0.0237. The van der Waals surface area contributed by atoms with E-state index in [0.717, 1.165) is 31.1 Å². The molecule has 2 N–H and O–H groups in total. The van der Waals surface area contributed by atoms with Crippen LogP contribution in [-0.2, 0) is 9.59 Å². The van der Waals surface area contributed by atoms with Gasteiger partial charge in [0.1, 0.15) is 0 Å². The largest absolute Gasteiger partial charge is 0.481 e. The Hall–Kier alpha value is -0.750. The van der Waals surface area contributed by atoms with E-state index in [4.69, 9.17) is 10.2 Å². The monoisotopic (exact) mass is 247 g/mol. The number of aliphatic hydroxyl groups excluding tert-OH is 1. The van der Waals surface area contributed by atoms with Crippen LogP contribution in [-0.4, -0.2) is 58.2 Å². The standard InChI is InChI=1S/C10H17NO4S/c12-5-8-2-1-3-11(4-8)9(13)6-16-7-10(14)15/h8,12H,1-7H2,(H,14,15). The van der Waals surface area contributed by atoms with Gasteiger partial charge in [0.15, 0.2) is 0 Å². The molecule has 0 aromatic carbocycles. The third-order valence-corrected chi connectivity index (χ3v) is 3.48. The van der Waals surface area contributed by atoms with Crippen molar-refractivity contribution in [3.63, 3.8) is 0 Å². The molecule has 1 heterocycles. The first kappa shape index (κ1) is 13.3. The number of piperidine rings is 1. The summed E-state index contributed by atoms with van der Waals surface area (Å²) in [5.74, 6) is -0.566. The first-order valence-corrected chi connectivity index (χ1v) is 6.47.